The lowest BCUT2D eigenvalue weighted by Gasteiger charge is -2.10. The number of carbonyl (C=O) groups is 1. The average molecular weight is 472 g/mol. The lowest BCUT2D eigenvalue weighted by atomic mass is 10.2. The van der Waals surface area contributed by atoms with Gasteiger partial charge < -0.3 is 10.1 Å². The molecule has 29 heavy (non-hydrogen) atoms. The minimum Gasteiger partial charge on any atom is -0.483 e. The summed E-state index contributed by atoms with van der Waals surface area (Å²) in [4.78, 5) is 16.8. The van der Waals surface area contributed by atoms with Gasteiger partial charge in [0.25, 0.3) is 5.91 Å². The Morgan fingerprint density at radius 1 is 1.14 bits per heavy atom. The molecule has 0 fully saturated rings. The van der Waals surface area contributed by atoms with Crippen LogP contribution < -0.4 is 10.1 Å². The third kappa shape index (κ3) is 5.92. The molecule has 148 valence electrons. The number of halogens is 2. The molecule has 3 rings (SSSR count). The Labute approximate surface area is 183 Å². The minimum absolute atomic E-state index is 0.105. The highest BCUT2D eigenvalue weighted by atomic mass is 79.9. The molecule has 0 unspecified atom stereocenters. The van der Waals surface area contributed by atoms with E-state index in [0.29, 0.717) is 10.8 Å². The third-order valence-electron chi connectivity index (χ3n) is 4.21. The van der Waals surface area contributed by atoms with Crippen molar-refractivity contribution >= 4 is 51.0 Å². The van der Waals surface area contributed by atoms with Gasteiger partial charge in [-0.15, -0.1) is 0 Å². The monoisotopic (exact) mass is 470 g/mol. The molecule has 0 bridgehead atoms. The summed E-state index contributed by atoms with van der Waals surface area (Å²) in [5.74, 6) is 0.336. The van der Waals surface area contributed by atoms with E-state index in [2.05, 4.69) is 26.2 Å². The predicted octanol–water partition coefficient (Wildman–Crippen LogP) is 6.49. The van der Waals surface area contributed by atoms with Gasteiger partial charge in [0, 0.05) is 27.0 Å². The molecule has 0 heterocycles. The van der Waals surface area contributed by atoms with Crippen molar-refractivity contribution in [3.63, 3.8) is 0 Å². The first-order valence-corrected chi connectivity index (χ1v) is 10.2. The van der Waals surface area contributed by atoms with Crippen LogP contribution in [0.15, 0.2) is 70.1 Å². The normalized spacial score (nSPS) is 10.9. The van der Waals surface area contributed by atoms with Crippen LogP contribution >= 0.6 is 27.5 Å². The van der Waals surface area contributed by atoms with E-state index in [-0.39, 0.29) is 12.5 Å². The zero-order valence-electron chi connectivity index (χ0n) is 16.1. The fourth-order valence-corrected chi connectivity index (χ4v) is 3.24. The molecular formula is C23H20BrClN2O2. The van der Waals surface area contributed by atoms with Crippen molar-refractivity contribution < 1.29 is 9.53 Å². The summed E-state index contributed by atoms with van der Waals surface area (Å²) >= 11 is 9.62. The maximum atomic E-state index is 12.2. The van der Waals surface area contributed by atoms with E-state index in [0.717, 1.165) is 32.5 Å². The fourth-order valence-electron chi connectivity index (χ4n) is 2.69. The number of hydrogen-bond acceptors (Lipinski definition) is 3. The Balaban J connectivity index is 1.72. The first-order valence-electron chi connectivity index (χ1n) is 9.00. The van der Waals surface area contributed by atoms with Crippen molar-refractivity contribution in [1.82, 2.24) is 0 Å². The highest BCUT2D eigenvalue weighted by Gasteiger charge is 2.08. The van der Waals surface area contributed by atoms with Crippen LogP contribution in [-0.2, 0) is 4.79 Å². The van der Waals surface area contributed by atoms with E-state index in [9.17, 15) is 4.79 Å². The second kappa shape index (κ2) is 9.72. The molecular weight excluding hydrogens is 452 g/mol. The Morgan fingerprint density at radius 3 is 2.72 bits per heavy atom. The second-order valence-electron chi connectivity index (χ2n) is 6.53. The molecule has 0 spiro atoms. The zero-order valence-corrected chi connectivity index (χ0v) is 18.4. The topological polar surface area (TPSA) is 50.7 Å². The Hall–Kier alpha value is -2.63. The van der Waals surface area contributed by atoms with E-state index in [1.807, 2.05) is 68.4 Å². The van der Waals surface area contributed by atoms with Crippen LogP contribution in [0, 0.1) is 13.8 Å². The first kappa shape index (κ1) is 21.1. The summed E-state index contributed by atoms with van der Waals surface area (Å²) in [5, 5.41) is 3.50. The third-order valence-corrected chi connectivity index (χ3v) is 5.12. The van der Waals surface area contributed by atoms with Gasteiger partial charge in [-0.1, -0.05) is 45.7 Å². The van der Waals surface area contributed by atoms with Gasteiger partial charge in [0.05, 0.1) is 5.69 Å². The number of rotatable bonds is 6. The molecule has 6 heteroatoms. The van der Waals surface area contributed by atoms with Gasteiger partial charge in [0.1, 0.15) is 5.75 Å². The number of aliphatic imine (C=N–C) groups is 1. The average Bonchev–Trinajstić information content (AvgIpc) is 2.68. The van der Waals surface area contributed by atoms with E-state index in [4.69, 9.17) is 16.3 Å². The largest absolute Gasteiger partial charge is 0.483 e. The van der Waals surface area contributed by atoms with Gasteiger partial charge >= 0.3 is 0 Å². The molecule has 1 amide bonds. The van der Waals surface area contributed by atoms with Crippen LogP contribution in [0.3, 0.4) is 0 Å². The molecule has 0 aliphatic rings. The molecule has 0 saturated carbocycles. The summed E-state index contributed by atoms with van der Waals surface area (Å²) in [6.45, 7) is 3.79. The van der Waals surface area contributed by atoms with Crippen LogP contribution in [0.25, 0.3) is 0 Å². The number of hydrogen-bond donors (Lipinski definition) is 1. The molecule has 3 aromatic carbocycles. The molecule has 0 aliphatic carbocycles. The SMILES string of the molecule is Cc1cccc(NC(=O)COc2ccc(Br)cc2C=Nc2cccc(Cl)c2C)c1. The summed E-state index contributed by atoms with van der Waals surface area (Å²) < 4.78 is 6.64. The molecule has 0 aromatic heterocycles. The number of aryl methyl sites for hydroxylation is 1. The Morgan fingerprint density at radius 2 is 1.93 bits per heavy atom. The van der Waals surface area contributed by atoms with Crippen molar-refractivity contribution in [2.45, 2.75) is 13.8 Å². The summed E-state index contributed by atoms with van der Waals surface area (Å²) in [7, 11) is 0. The van der Waals surface area contributed by atoms with Gasteiger partial charge in [-0.3, -0.25) is 9.79 Å². The summed E-state index contributed by atoms with van der Waals surface area (Å²) in [6.07, 6.45) is 1.71. The predicted molar refractivity (Wildman–Crippen MR) is 123 cm³/mol. The van der Waals surface area contributed by atoms with Crippen LogP contribution in [-0.4, -0.2) is 18.7 Å². The van der Waals surface area contributed by atoms with Crippen molar-refractivity contribution in [3.05, 3.63) is 86.8 Å². The van der Waals surface area contributed by atoms with Crippen molar-refractivity contribution in [3.8, 4) is 5.75 Å². The maximum absolute atomic E-state index is 12.2. The van der Waals surface area contributed by atoms with Gasteiger partial charge in [-0.25, -0.2) is 0 Å². The molecule has 0 radical (unpaired) electrons. The number of carbonyl (C=O) groups excluding carboxylic acids is 1. The van der Waals surface area contributed by atoms with Gasteiger partial charge in [-0.2, -0.15) is 0 Å². The van der Waals surface area contributed by atoms with E-state index >= 15 is 0 Å². The zero-order chi connectivity index (χ0) is 20.8. The smallest absolute Gasteiger partial charge is 0.262 e. The van der Waals surface area contributed by atoms with E-state index < -0.39 is 0 Å². The highest BCUT2D eigenvalue weighted by molar-refractivity contribution is 9.10. The van der Waals surface area contributed by atoms with Crippen LogP contribution in [0.5, 0.6) is 5.75 Å². The van der Waals surface area contributed by atoms with Gasteiger partial charge in [0.15, 0.2) is 6.61 Å². The summed E-state index contributed by atoms with van der Waals surface area (Å²) in [6, 6.07) is 18.7. The number of nitrogens with zero attached hydrogens (tertiary/aromatic N) is 1. The molecule has 0 aliphatic heterocycles. The number of ether oxygens (including phenoxy) is 1. The molecule has 3 aromatic rings. The molecule has 1 N–H and O–H groups in total. The Bertz CT molecular complexity index is 1070. The van der Waals surface area contributed by atoms with Crippen LogP contribution in [0.4, 0.5) is 11.4 Å². The van der Waals surface area contributed by atoms with Crippen LogP contribution in [0.2, 0.25) is 5.02 Å². The summed E-state index contributed by atoms with van der Waals surface area (Å²) in [5.41, 5.74) is 4.25. The van der Waals surface area contributed by atoms with Crippen LogP contribution in [0.1, 0.15) is 16.7 Å². The molecule has 4 nitrogen and oxygen atoms in total. The highest BCUT2D eigenvalue weighted by Crippen LogP contribution is 2.27. The number of amides is 1. The number of anilines is 1. The number of nitrogens with one attached hydrogen (secondary N) is 1. The lowest BCUT2D eigenvalue weighted by Crippen LogP contribution is -2.20. The van der Waals surface area contributed by atoms with E-state index in [1.54, 1.807) is 12.3 Å². The van der Waals surface area contributed by atoms with Crippen molar-refractivity contribution in [1.29, 1.82) is 0 Å². The van der Waals surface area contributed by atoms with Gasteiger partial charge in [-0.05, 0) is 67.4 Å². The second-order valence-corrected chi connectivity index (χ2v) is 7.85. The van der Waals surface area contributed by atoms with Crippen molar-refractivity contribution in [2.24, 2.45) is 4.99 Å². The quantitative estimate of drug-likeness (QED) is 0.418. The number of benzene rings is 3. The van der Waals surface area contributed by atoms with Crippen molar-refractivity contribution in [2.75, 3.05) is 11.9 Å². The standard InChI is InChI=1S/C23H20BrClN2O2/c1-15-5-3-6-19(11-15)27-23(28)14-29-22-10-9-18(24)12-17(22)13-26-21-8-4-7-20(25)16(21)2/h3-13H,14H2,1-2H3,(H,27,28). The minimum atomic E-state index is -0.230. The van der Waals surface area contributed by atoms with E-state index in [1.165, 1.54) is 0 Å². The molecule has 0 atom stereocenters. The Kier molecular flexibility index (Phi) is 7.07. The lowest BCUT2D eigenvalue weighted by molar-refractivity contribution is -0.118. The molecule has 0 saturated heterocycles. The fraction of sp³-hybridized carbons (Fsp3) is 0.130. The maximum Gasteiger partial charge on any atom is 0.262 e. The first-order chi connectivity index (χ1) is 13.9. The van der Waals surface area contributed by atoms with Gasteiger partial charge in [0.2, 0.25) is 0 Å².